The van der Waals surface area contributed by atoms with Gasteiger partial charge in [0.05, 0.1) is 30.5 Å². The van der Waals surface area contributed by atoms with Gasteiger partial charge in [-0.05, 0) is 33.6 Å². The summed E-state index contributed by atoms with van der Waals surface area (Å²) >= 11 is 0. The van der Waals surface area contributed by atoms with Gasteiger partial charge in [-0.3, -0.25) is 0 Å². The molecule has 5 unspecified atom stereocenters. The van der Waals surface area contributed by atoms with Crippen molar-refractivity contribution in [1.82, 2.24) is 0 Å². The molecule has 0 radical (unpaired) electrons. The van der Waals surface area contributed by atoms with Gasteiger partial charge in [-0.15, -0.1) is 0 Å². The highest BCUT2D eigenvalue weighted by molar-refractivity contribution is 4.93. The van der Waals surface area contributed by atoms with E-state index in [1.807, 2.05) is 6.92 Å². The van der Waals surface area contributed by atoms with Crippen molar-refractivity contribution in [2.24, 2.45) is 0 Å². The van der Waals surface area contributed by atoms with Crippen LogP contribution in [-0.4, -0.2) is 48.3 Å². The van der Waals surface area contributed by atoms with Crippen LogP contribution in [0.4, 0.5) is 0 Å². The lowest BCUT2D eigenvalue weighted by molar-refractivity contribution is -0.221. The van der Waals surface area contributed by atoms with Crippen molar-refractivity contribution in [2.75, 3.05) is 6.61 Å². The summed E-state index contributed by atoms with van der Waals surface area (Å²) in [6.45, 7) is 6.74. The van der Waals surface area contributed by atoms with E-state index in [9.17, 15) is 5.11 Å². The Hall–Kier alpha value is -0.160. The van der Waals surface area contributed by atoms with Gasteiger partial charge in [-0.25, -0.2) is 0 Å². The first-order valence-electron chi connectivity index (χ1n) is 6.70. The molecule has 100 valence electrons. The van der Waals surface area contributed by atoms with Gasteiger partial charge in [-0.1, -0.05) is 0 Å². The number of aliphatic hydroxyl groups excluding tert-OH is 1. The van der Waals surface area contributed by atoms with Gasteiger partial charge < -0.3 is 19.3 Å². The lowest BCUT2D eigenvalue weighted by Crippen LogP contribution is -2.55. The fourth-order valence-electron chi connectivity index (χ4n) is 2.80. The molecular formula is C13H24O4. The van der Waals surface area contributed by atoms with Crippen LogP contribution >= 0.6 is 0 Å². The molecule has 0 aromatic carbocycles. The second kappa shape index (κ2) is 5.65. The Morgan fingerprint density at radius 1 is 1.18 bits per heavy atom. The maximum atomic E-state index is 9.61. The molecular weight excluding hydrogens is 220 g/mol. The molecule has 0 bridgehead atoms. The van der Waals surface area contributed by atoms with Crippen molar-refractivity contribution >= 4 is 0 Å². The quantitative estimate of drug-likeness (QED) is 0.814. The molecule has 1 aliphatic heterocycles. The van der Waals surface area contributed by atoms with E-state index in [2.05, 4.69) is 13.8 Å². The summed E-state index contributed by atoms with van der Waals surface area (Å²) in [5.41, 5.74) is 0. The molecule has 17 heavy (non-hydrogen) atoms. The van der Waals surface area contributed by atoms with Crippen molar-refractivity contribution in [3.05, 3.63) is 0 Å². The van der Waals surface area contributed by atoms with Gasteiger partial charge in [0, 0.05) is 13.0 Å². The fraction of sp³-hybridized carbons (Fsp3) is 1.00. The average Bonchev–Trinajstić information content (AvgIpc) is 2.24. The molecule has 2 aliphatic rings. The smallest absolute Gasteiger partial charge is 0.110 e. The molecule has 0 aromatic heterocycles. The number of rotatable bonds is 4. The first-order valence-corrected chi connectivity index (χ1v) is 6.70. The maximum Gasteiger partial charge on any atom is 0.110 e. The van der Waals surface area contributed by atoms with Crippen LogP contribution in [0.25, 0.3) is 0 Å². The molecule has 2 fully saturated rings. The van der Waals surface area contributed by atoms with Crippen molar-refractivity contribution in [1.29, 1.82) is 0 Å². The van der Waals surface area contributed by atoms with E-state index >= 15 is 0 Å². The summed E-state index contributed by atoms with van der Waals surface area (Å²) in [4.78, 5) is 0. The third kappa shape index (κ3) is 3.19. The normalized spacial score (nSPS) is 46.6. The minimum absolute atomic E-state index is 0.0625. The highest BCUT2D eigenvalue weighted by Gasteiger charge is 2.43. The number of hydrogen-bond acceptors (Lipinski definition) is 4. The summed E-state index contributed by atoms with van der Waals surface area (Å²) in [5.74, 6) is 0. The van der Waals surface area contributed by atoms with Crippen LogP contribution in [0.2, 0.25) is 0 Å². The minimum Gasteiger partial charge on any atom is -0.390 e. The second-order valence-electron chi connectivity index (χ2n) is 5.25. The summed E-state index contributed by atoms with van der Waals surface area (Å²) in [6, 6.07) is 0. The van der Waals surface area contributed by atoms with Crippen LogP contribution in [0.3, 0.4) is 0 Å². The van der Waals surface area contributed by atoms with Gasteiger partial charge in [0.1, 0.15) is 6.10 Å². The zero-order chi connectivity index (χ0) is 12.4. The Bertz CT molecular complexity index is 236. The van der Waals surface area contributed by atoms with E-state index in [-0.39, 0.29) is 36.6 Å². The predicted molar refractivity (Wildman–Crippen MR) is 63.9 cm³/mol. The first-order chi connectivity index (χ1) is 8.10. The van der Waals surface area contributed by atoms with Crippen molar-refractivity contribution in [3.8, 4) is 0 Å². The standard InChI is InChI=1S/C13H24O4/c1-4-15-13-11(14)7-12(13)17-10-5-8(2)16-9(3)6-10/h8-14H,4-7H2,1-3H3. The Morgan fingerprint density at radius 3 is 2.35 bits per heavy atom. The van der Waals surface area contributed by atoms with Gasteiger partial charge in [0.15, 0.2) is 0 Å². The zero-order valence-corrected chi connectivity index (χ0v) is 11.0. The van der Waals surface area contributed by atoms with Crippen molar-refractivity contribution < 1.29 is 19.3 Å². The summed E-state index contributed by atoms with van der Waals surface area (Å²) < 4.78 is 17.2. The number of ether oxygens (including phenoxy) is 3. The van der Waals surface area contributed by atoms with Crippen molar-refractivity contribution in [3.63, 3.8) is 0 Å². The predicted octanol–water partition coefficient (Wildman–Crippen LogP) is 1.50. The molecule has 1 aliphatic carbocycles. The molecule has 2 rings (SSSR count). The largest absolute Gasteiger partial charge is 0.390 e. The Morgan fingerprint density at radius 2 is 1.82 bits per heavy atom. The van der Waals surface area contributed by atoms with E-state index in [4.69, 9.17) is 14.2 Å². The molecule has 1 saturated carbocycles. The van der Waals surface area contributed by atoms with E-state index in [1.165, 1.54) is 0 Å². The molecule has 1 heterocycles. The topological polar surface area (TPSA) is 47.9 Å². The van der Waals surface area contributed by atoms with E-state index < -0.39 is 0 Å². The van der Waals surface area contributed by atoms with Gasteiger partial charge >= 0.3 is 0 Å². The molecule has 4 heteroatoms. The molecule has 0 spiro atoms. The highest BCUT2D eigenvalue weighted by Crippen LogP contribution is 2.31. The highest BCUT2D eigenvalue weighted by atomic mass is 16.6. The Kier molecular flexibility index (Phi) is 4.42. The van der Waals surface area contributed by atoms with E-state index in [1.54, 1.807) is 0 Å². The molecule has 0 aromatic rings. The Balaban J connectivity index is 1.80. The number of hydrogen-bond donors (Lipinski definition) is 1. The third-order valence-corrected chi connectivity index (χ3v) is 3.60. The zero-order valence-electron chi connectivity index (χ0n) is 11.0. The lowest BCUT2D eigenvalue weighted by Gasteiger charge is -2.44. The third-order valence-electron chi connectivity index (χ3n) is 3.60. The summed E-state index contributed by atoms with van der Waals surface area (Å²) in [5, 5.41) is 9.61. The summed E-state index contributed by atoms with van der Waals surface area (Å²) in [6.07, 6.45) is 2.93. The molecule has 1 saturated heterocycles. The van der Waals surface area contributed by atoms with Crippen LogP contribution in [0, 0.1) is 0 Å². The summed E-state index contributed by atoms with van der Waals surface area (Å²) in [7, 11) is 0. The van der Waals surface area contributed by atoms with Crippen LogP contribution in [0.15, 0.2) is 0 Å². The Labute approximate surface area is 103 Å². The first kappa shape index (κ1) is 13.3. The van der Waals surface area contributed by atoms with Crippen LogP contribution in [0.1, 0.15) is 40.0 Å². The molecule has 5 atom stereocenters. The molecule has 4 nitrogen and oxygen atoms in total. The average molecular weight is 244 g/mol. The van der Waals surface area contributed by atoms with E-state index in [0.29, 0.717) is 13.0 Å². The molecule has 0 amide bonds. The molecule has 1 N–H and O–H groups in total. The second-order valence-corrected chi connectivity index (χ2v) is 5.25. The van der Waals surface area contributed by atoms with Crippen LogP contribution in [-0.2, 0) is 14.2 Å². The maximum absolute atomic E-state index is 9.61. The van der Waals surface area contributed by atoms with E-state index in [0.717, 1.165) is 12.8 Å². The van der Waals surface area contributed by atoms with Gasteiger partial charge in [0.2, 0.25) is 0 Å². The van der Waals surface area contributed by atoms with Crippen LogP contribution in [0.5, 0.6) is 0 Å². The lowest BCUT2D eigenvalue weighted by atomic mass is 9.87. The van der Waals surface area contributed by atoms with Gasteiger partial charge in [-0.2, -0.15) is 0 Å². The monoisotopic (exact) mass is 244 g/mol. The fourth-order valence-corrected chi connectivity index (χ4v) is 2.80. The number of aliphatic hydroxyl groups is 1. The van der Waals surface area contributed by atoms with Gasteiger partial charge in [0.25, 0.3) is 0 Å². The SMILES string of the molecule is CCOC1C(O)CC1OC1CC(C)OC(C)C1. The van der Waals surface area contributed by atoms with Crippen molar-refractivity contribution in [2.45, 2.75) is 76.7 Å². The minimum atomic E-state index is -0.352. The van der Waals surface area contributed by atoms with Crippen LogP contribution < -0.4 is 0 Å².